The number of nitrogens with one attached hydrogen (secondary N) is 1. The standard InChI is InChI=1S/C15H24N2O3/c18-14(16-8-10-5-6-10)9-17-12-4-2-1-3-11(12)7-13(17)15(19)20/h10-13H,1-9H2,(H,16,18)(H,19,20)/t11-,12+,13-/m0/s1. The molecule has 3 atom stereocenters. The molecule has 3 rings (SSSR count). The van der Waals surface area contributed by atoms with Crippen molar-refractivity contribution in [1.82, 2.24) is 10.2 Å². The maximum Gasteiger partial charge on any atom is 0.320 e. The van der Waals surface area contributed by atoms with Crippen LogP contribution in [0.1, 0.15) is 44.9 Å². The van der Waals surface area contributed by atoms with Gasteiger partial charge < -0.3 is 10.4 Å². The number of hydrogen-bond donors (Lipinski definition) is 2. The second-order valence-electron chi connectivity index (χ2n) is 6.62. The molecule has 0 bridgehead atoms. The lowest BCUT2D eigenvalue weighted by Crippen LogP contribution is -2.47. The summed E-state index contributed by atoms with van der Waals surface area (Å²) in [5.74, 6) is 0.361. The van der Waals surface area contributed by atoms with E-state index >= 15 is 0 Å². The summed E-state index contributed by atoms with van der Waals surface area (Å²) in [6.45, 7) is 1.02. The SMILES string of the molecule is O=C(CN1[C@@H]2CCCC[C@H]2C[C@H]1C(=O)O)NCC1CC1. The third-order valence-electron chi connectivity index (χ3n) is 5.12. The summed E-state index contributed by atoms with van der Waals surface area (Å²) in [6.07, 6.45) is 7.68. The Hall–Kier alpha value is -1.10. The third-order valence-corrected chi connectivity index (χ3v) is 5.12. The molecule has 0 aromatic heterocycles. The van der Waals surface area contributed by atoms with E-state index in [1.54, 1.807) is 0 Å². The number of hydrogen-bond acceptors (Lipinski definition) is 3. The van der Waals surface area contributed by atoms with Crippen LogP contribution in [-0.4, -0.2) is 47.1 Å². The highest BCUT2D eigenvalue weighted by atomic mass is 16.4. The summed E-state index contributed by atoms with van der Waals surface area (Å²) >= 11 is 0. The number of carbonyl (C=O) groups is 2. The van der Waals surface area contributed by atoms with Gasteiger partial charge in [0.25, 0.3) is 0 Å². The molecule has 0 radical (unpaired) electrons. The Labute approximate surface area is 119 Å². The molecule has 2 saturated carbocycles. The molecular weight excluding hydrogens is 256 g/mol. The zero-order valence-corrected chi connectivity index (χ0v) is 11.9. The molecule has 2 aliphatic carbocycles. The van der Waals surface area contributed by atoms with E-state index in [2.05, 4.69) is 5.32 Å². The molecule has 1 heterocycles. The summed E-state index contributed by atoms with van der Waals surface area (Å²) in [6, 6.07) is -0.161. The van der Waals surface area contributed by atoms with E-state index < -0.39 is 12.0 Å². The van der Waals surface area contributed by atoms with Crippen molar-refractivity contribution in [3.63, 3.8) is 0 Å². The van der Waals surface area contributed by atoms with E-state index in [0.29, 0.717) is 17.9 Å². The van der Waals surface area contributed by atoms with Crippen molar-refractivity contribution < 1.29 is 14.7 Å². The Morgan fingerprint density at radius 3 is 2.60 bits per heavy atom. The monoisotopic (exact) mass is 280 g/mol. The second kappa shape index (κ2) is 5.72. The fourth-order valence-corrected chi connectivity index (χ4v) is 3.82. The molecule has 112 valence electrons. The van der Waals surface area contributed by atoms with Gasteiger partial charge >= 0.3 is 5.97 Å². The van der Waals surface area contributed by atoms with E-state index in [1.807, 2.05) is 4.90 Å². The van der Waals surface area contributed by atoms with Crippen LogP contribution in [0.5, 0.6) is 0 Å². The molecule has 1 amide bonds. The van der Waals surface area contributed by atoms with Crippen molar-refractivity contribution in [1.29, 1.82) is 0 Å². The third kappa shape index (κ3) is 2.97. The minimum atomic E-state index is -0.769. The molecule has 0 unspecified atom stereocenters. The van der Waals surface area contributed by atoms with E-state index in [1.165, 1.54) is 19.3 Å². The maximum absolute atomic E-state index is 12.0. The number of fused-ring (bicyclic) bond motifs is 1. The lowest BCUT2D eigenvalue weighted by molar-refractivity contribution is -0.143. The molecule has 1 aliphatic heterocycles. The Bertz CT molecular complexity index is 395. The number of rotatable bonds is 5. The maximum atomic E-state index is 12.0. The Balaban J connectivity index is 1.60. The number of nitrogens with zero attached hydrogens (tertiary/aromatic N) is 1. The summed E-state index contributed by atoms with van der Waals surface area (Å²) in [5.41, 5.74) is 0. The first-order valence-electron chi connectivity index (χ1n) is 7.90. The van der Waals surface area contributed by atoms with Crippen molar-refractivity contribution in [2.45, 2.75) is 57.0 Å². The molecule has 0 spiro atoms. The quantitative estimate of drug-likeness (QED) is 0.794. The molecule has 5 heteroatoms. The van der Waals surface area contributed by atoms with Gasteiger partial charge in [0.15, 0.2) is 0 Å². The van der Waals surface area contributed by atoms with Gasteiger partial charge in [0.2, 0.25) is 5.91 Å². The molecule has 5 nitrogen and oxygen atoms in total. The molecule has 20 heavy (non-hydrogen) atoms. The molecule has 2 N–H and O–H groups in total. The van der Waals surface area contributed by atoms with Crippen molar-refractivity contribution in [2.75, 3.05) is 13.1 Å². The van der Waals surface area contributed by atoms with Crippen molar-refractivity contribution >= 4 is 11.9 Å². The highest BCUT2D eigenvalue weighted by molar-refractivity contribution is 5.80. The molecule has 1 saturated heterocycles. The summed E-state index contributed by atoms with van der Waals surface area (Å²) in [7, 11) is 0. The number of carbonyl (C=O) groups excluding carboxylic acids is 1. The highest BCUT2D eigenvalue weighted by Gasteiger charge is 2.45. The first-order valence-corrected chi connectivity index (χ1v) is 7.90. The molecule has 3 aliphatic rings. The number of aliphatic carboxylic acids is 1. The zero-order chi connectivity index (χ0) is 14.1. The summed E-state index contributed by atoms with van der Waals surface area (Å²) in [4.78, 5) is 25.4. The normalized spacial score (nSPS) is 33.7. The number of amides is 1. The molecule has 3 fully saturated rings. The van der Waals surface area contributed by atoms with Gasteiger partial charge in [0, 0.05) is 12.6 Å². The lowest BCUT2D eigenvalue weighted by atomic mass is 9.85. The predicted octanol–water partition coefficient (Wildman–Crippen LogP) is 1.23. The van der Waals surface area contributed by atoms with Gasteiger partial charge in [-0.15, -0.1) is 0 Å². The summed E-state index contributed by atoms with van der Waals surface area (Å²) in [5, 5.41) is 12.4. The minimum absolute atomic E-state index is 0.00521. The first-order chi connectivity index (χ1) is 9.65. The molecular formula is C15H24N2O3. The van der Waals surface area contributed by atoms with Gasteiger partial charge in [-0.25, -0.2) is 0 Å². The van der Waals surface area contributed by atoms with Crippen LogP contribution < -0.4 is 5.32 Å². The van der Waals surface area contributed by atoms with E-state index in [4.69, 9.17) is 0 Å². The van der Waals surface area contributed by atoms with Gasteiger partial charge in [-0.2, -0.15) is 0 Å². The Morgan fingerprint density at radius 1 is 1.15 bits per heavy atom. The topological polar surface area (TPSA) is 69.6 Å². The number of carboxylic acids is 1. The van der Waals surface area contributed by atoms with Crippen LogP contribution in [0.25, 0.3) is 0 Å². The number of carboxylic acid groups (broad SMARTS) is 1. The van der Waals surface area contributed by atoms with E-state index in [9.17, 15) is 14.7 Å². The highest BCUT2D eigenvalue weighted by Crippen LogP contribution is 2.39. The largest absolute Gasteiger partial charge is 0.480 e. The van der Waals surface area contributed by atoms with Crippen LogP contribution in [0.3, 0.4) is 0 Å². The van der Waals surface area contributed by atoms with E-state index in [-0.39, 0.29) is 12.5 Å². The van der Waals surface area contributed by atoms with Crippen LogP contribution >= 0.6 is 0 Å². The zero-order valence-electron chi connectivity index (χ0n) is 11.9. The van der Waals surface area contributed by atoms with Crippen molar-refractivity contribution in [3.8, 4) is 0 Å². The Morgan fingerprint density at radius 2 is 1.90 bits per heavy atom. The average molecular weight is 280 g/mol. The lowest BCUT2D eigenvalue weighted by Gasteiger charge is -2.32. The predicted molar refractivity (Wildman–Crippen MR) is 74.2 cm³/mol. The Kier molecular flexibility index (Phi) is 3.96. The first kappa shape index (κ1) is 13.9. The summed E-state index contributed by atoms with van der Waals surface area (Å²) < 4.78 is 0. The van der Waals surface area contributed by atoms with E-state index in [0.717, 1.165) is 32.2 Å². The molecule has 0 aromatic carbocycles. The van der Waals surface area contributed by atoms with Crippen LogP contribution in [0.4, 0.5) is 0 Å². The van der Waals surface area contributed by atoms with Crippen LogP contribution in [0.15, 0.2) is 0 Å². The second-order valence-corrected chi connectivity index (χ2v) is 6.62. The van der Waals surface area contributed by atoms with Crippen LogP contribution in [0, 0.1) is 11.8 Å². The van der Waals surface area contributed by atoms with Crippen LogP contribution in [-0.2, 0) is 9.59 Å². The van der Waals surface area contributed by atoms with Crippen molar-refractivity contribution in [2.24, 2.45) is 11.8 Å². The average Bonchev–Trinajstić information content (AvgIpc) is 3.19. The van der Waals surface area contributed by atoms with Crippen LogP contribution in [0.2, 0.25) is 0 Å². The van der Waals surface area contributed by atoms with Gasteiger partial charge in [-0.05, 0) is 43.9 Å². The van der Waals surface area contributed by atoms with Gasteiger partial charge in [-0.3, -0.25) is 14.5 Å². The molecule has 0 aromatic rings. The fraction of sp³-hybridized carbons (Fsp3) is 0.867. The minimum Gasteiger partial charge on any atom is -0.480 e. The number of likely N-dealkylation sites (tertiary alicyclic amines) is 1. The van der Waals surface area contributed by atoms with Gasteiger partial charge in [0.05, 0.1) is 6.54 Å². The van der Waals surface area contributed by atoms with Gasteiger partial charge in [-0.1, -0.05) is 12.8 Å². The smallest absolute Gasteiger partial charge is 0.320 e. The van der Waals surface area contributed by atoms with Crippen molar-refractivity contribution in [3.05, 3.63) is 0 Å². The van der Waals surface area contributed by atoms with Gasteiger partial charge in [0.1, 0.15) is 6.04 Å². The fourth-order valence-electron chi connectivity index (χ4n) is 3.82.